The molecule has 1 N–H and O–H groups in total. The number of rotatable bonds is 6. The summed E-state index contributed by atoms with van der Waals surface area (Å²) in [7, 11) is -3.63. The van der Waals surface area contributed by atoms with E-state index in [2.05, 4.69) is 5.32 Å². The molecule has 0 unspecified atom stereocenters. The van der Waals surface area contributed by atoms with Crippen molar-refractivity contribution in [2.45, 2.75) is 26.3 Å². The maximum Gasteiger partial charge on any atom is 0.240 e. The number of carbonyl (C=O) groups is 1. The lowest BCUT2D eigenvalue weighted by Gasteiger charge is -2.23. The van der Waals surface area contributed by atoms with Gasteiger partial charge < -0.3 is 5.32 Å². The average molecular weight is 353 g/mol. The summed E-state index contributed by atoms with van der Waals surface area (Å²) >= 11 is 11.8. The Labute approximate surface area is 135 Å². The van der Waals surface area contributed by atoms with E-state index < -0.39 is 10.0 Å². The van der Waals surface area contributed by atoms with Gasteiger partial charge in [-0.1, -0.05) is 30.1 Å². The van der Waals surface area contributed by atoms with Gasteiger partial charge in [0, 0.05) is 16.1 Å². The van der Waals surface area contributed by atoms with Gasteiger partial charge in [0.05, 0.1) is 11.9 Å². The second kappa shape index (κ2) is 7.33. The van der Waals surface area contributed by atoms with Gasteiger partial charge in [0.2, 0.25) is 15.9 Å². The normalized spacial score (nSPS) is 12.8. The van der Waals surface area contributed by atoms with Gasteiger partial charge in [-0.15, -0.1) is 0 Å². The highest BCUT2D eigenvalue weighted by atomic mass is 35.5. The number of anilines is 1. The third-order valence-electron chi connectivity index (χ3n) is 2.84. The predicted molar refractivity (Wildman–Crippen MR) is 86.5 cm³/mol. The summed E-state index contributed by atoms with van der Waals surface area (Å²) in [5, 5.41) is 3.32. The van der Waals surface area contributed by atoms with Crippen molar-refractivity contribution in [2.24, 2.45) is 0 Å². The molecule has 0 spiro atoms. The van der Waals surface area contributed by atoms with Crippen LogP contribution in [0.25, 0.3) is 0 Å². The van der Waals surface area contributed by atoms with E-state index in [4.69, 9.17) is 23.2 Å². The summed E-state index contributed by atoms with van der Waals surface area (Å²) in [6.07, 6.45) is 1.78. The minimum absolute atomic E-state index is 0.0261. The molecule has 8 heteroatoms. The van der Waals surface area contributed by atoms with Crippen molar-refractivity contribution in [1.82, 2.24) is 5.32 Å². The third-order valence-corrected chi connectivity index (χ3v) is 4.42. The van der Waals surface area contributed by atoms with Crippen molar-refractivity contribution < 1.29 is 13.2 Å². The topological polar surface area (TPSA) is 66.5 Å². The van der Waals surface area contributed by atoms with Gasteiger partial charge in [-0.25, -0.2) is 8.42 Å². The highest BCUT2D eigenvalue weighted by Crippen LogP contribution is 2.26. The Hall–Kier alpha value is -0.980. The lowest BCUT2D eigenvalue weighted by Crippen LogP contribution is -2.43. The van der Waals surface area contributed by atoms with Crippen LogP contribution in [-0.2, 0) is 14.8 Å². The van der Waals surface area contributed by atoms with Crippen molar-refractivity contribution in [3.8, 4) is 0 Å². The monoisotopic (exact) mass is 352 g/mol. The lowest BCUT2D eigenvalue weighted by atomic mass is 10.2. The Kier molecular flexibility index (Phi) is 6.31. The minimum Gasteiger partial charge on any atom is -0.352 e. The first-order valence-electron chi connectivity index (χ1n) is 6.36. The van der Waals surface area contributed by atoms with Gasteiger partial charge >= 0.3 is 0 Å². The molecule has 1 aromatic rings. The molecular formula is C13H18Cl2N2O3S. The van der Waals surface area contributed by atoms with Crippen LogP contribution in [0.4, 0.5) is 5.69 Å². The molecule has 0 aliphatic heterocycles. The molecule has 0 bridgehead atoms. The van der Waals surface area contributed by atoms with Crippen LogP contribution in [0.1, 0.15) is 20.3 Å². The first-order valence-corrected chi connectivity index (χ1v) is 8.97. The number of hydrogen-bond acceptors (Lipinski definition) is 3. The smallest absolute Gasteiger partial charge is 0.240 e. The fourth-order valence-corrected chi connectivity index (χ4v) is 2.99. The Morgan fingerprint density at radius 2 is 1.81 bits per heavy atom. The highest BCUT2D eigenvalue weighted by molar-refractivity contribution is 7.92. The quantitative estimate of drug-likeness (QED) is 0.855. The van der Waals surface area contributed by atoms with Gasteiger partial charge in [-0.05, 0) is 31.5 Å². The van der Waals surface area contributed by atoms with E-state index in [1.54, 1.807) is 0 Å². The van der Waals surface area contributed by atoms with Gasteiger partial charge in [0.15, 0.2) is 0 Å². The zero-order chi connectivity index (χ0) is 16.2. The highest BCUT2D eigenvalue weighted by Gasteiger charge is 2.22. The van der Waals surface area contributed by atoms with Crippen LogP contribution in [0.2, 0.25) is 10.0 Å². The number of amides is 1. The van der Waals surface area contributed by atoms with Crippen LogP contribution >= 0.6 is 23.2 Å². The molecule has 0 heterocycles. The molecule has 0 saturated carbocycles. The van der Waals surface area contributed by atoms with Crippen LogP contribution in [0.5, 0.6) is 0 Å². The number of nitrogens with zero attached hydrogens (tertiary/aromatic N) is 1. The largest absolute Gasteiger partial charge is 0.352 e. The van der Waals surface area contributed by atoms with Crippen LogP contribution < -0.4 is 9.62 Å². The van der Waals surface area contributed by atoms with E-state index in [1.807, 2.05) is 13.8 Å². The van der Waals surface area contributed by atoms with E-state index in [-0.39, 0.29) is 24.2 Å². The molecule has 1 rings (SSSR count). The molecule has 0 aliphatic rings. The van der Waals surface area contributed by atoms with Crippen molar-refractivity contribution in [1.29, 1.82) is 0 Å². The number of carbonyl (C=O) groups excluding carboxylic acids is 1. The maximum absolute atomic E-state index is 11.9. The lowest BCUT2D eigenvalue weighted by molar-refractivity contribution is -0.120. The molecule has 1 aromatic carbocycles. The summed E-state index contributed by atoms with van der Waals surface area (Å²) in [6, 6.07) is 4.37. The Bertz CT molecular complexity index is 600. The fraction of sp³-hybridized carbons (Fsp3) is 0.462. The van der Waals surface area contributed by atoms with E-state index >= 15 is 0 Å². The van der Waals surface area contributed by atoms with Crippen molar-refractivity contribution >= 4 is 44.8 Å². The van der Waals surface area contributed by atoms with Crippen LogP contribution in [0.3, 0.4) is 0 Å². The molecule has 5 nitrogen and oxygen atoms in total. The molecule has 0 radical (unpaired) electrons. The first kappa shape index (κ1) is 18.1. The fourth-order valence-electron chi connectivity index (χ4n) is 1.64. The summed E-state index contributed by atoms with van der Waals surface area (Å²) in [5.41, 5.74) is 0.259. The third kappa shape index (κ3) is 5.73. The molecular weight excluding hydrogens is 335 g/mol. The Balaban J connectivity index is 3.05. The molecule has 0 aromatic heterocycles. The molecule has 0 fully saturated rings. The molecule has 0 aliphatic carbocycles. The van der Waals surface area contributed by atoms with E-state index in [0.29, 0.717) is 10.0 Å². The zero-order valence-corrected chi connectivity index (χ0v) is 14.4. The second-order valence-electron chi connectivity index (χ2n) is 4.77. The summed E-state index contributed by atoms with van der Waals surface area (Å²) in [4.78, 5) is 11.9. The second-order valence-corrected chi connectivity index (χ2v) is 7.55. The summed E-state index contributed by atoms with van der Waals surface area (Å²) in [6.45, 7) is 3.45. The van der Waals surface area contributed by atoms with Crippen molar-refractivity contribution in [3.05, 3.63) is 28.2 Å². The van der Waals surface area contributed by atoms with E-state index in [0.717, 1.165) is 17.0 Å². The number of sulfonamides is 1. The molecule has 118 valence electrons. The van der Waals surface area contributed by atoms with Gasteiger partial charge in [-0.2, -0.15) is 0 Å². The number of nitrogens with one attached hydrogen (secondary N) is 1. The summed E-state index contributed by atoms with van der Waals surface area (Å²) in [5.74, 6) is -0.383. The van der Waals surface area contributed by atoms with Crippen LogP contribution in [0, 0.1) is 0 Å². The van der Waals surface area contributed by atoms with Crippen molar-refractivity contribution in [3.63, 3.8) is 0 Å². The average Bonchev–Trinajstić information content (AvgIpc) is 2.33. The Morgan fingerprint density at radius 3 is 2.24 bits per heavy atom. The molecule has 0 saturated heterocycles. The maximum atomic E-state index is 11.9. The van der Waals surface area contributed by atoms with E-state index in [1.165, 1.54) is 18.2 Å². The first-order chi connectivity index (χ1) is 9.63. The zero-order valence-electron chi connectivity index (χ0n) is 12.1. The van der Waals surface area contributed by atoms with Crippen LogP contribution in [-0.4, -0.2) is 33.2 Å². The standard InChI is InChI=1S/C13H18Cl2N2O3S/c1-4-9(2)16-13(18)8-17(21(3,19)20)12-6-10(14)5-11(15)7-12/h5-7,9H,4,8H2,1-3H3,(H,16,18)/t9-/m0/s1. The van der Waals surface area contributed by atoms with Gasteiger partial charge in [0.1, 0.15) is 6.54 Å². The minimum atomic E-state index is -3.63. The SMILES string of the molecule is CC[C@H](C)NC(=O)CN(c1cc(Cl)cc(Cl)c1)S(C)(=O)=O. The van der Waals surface area contributed by atoms with Crippen molar-refractivity contribution in [2.75, 3.05) is 17.1 Å². The van der Waals surface area contributed by atoms with E-state index in [9.17, 15) is 13.2 Å². The van der Waals surface area contributed by atoms with Gasteiger partial charge in [-0.3, -0.25) is 9.10 Å². The predicted octanol–water partition coefficient (Wildman–Crippen LogP) is 2.67. The molecule has 1 atom stereocenters. The Morgan fingerprint density at radius 1 is 1.29 bits per heavy atom. The molecule has 1 amide bonds. The van der Waals surface area contributed by atoms with Crippen LogP contribution in [0.15, 0.2) is 18.2 Å². The number of benzene rings is 1. The molecule has 21 heavy (non-hydrogen) atoms. The summed E-state index contributed by atoms with van der Waals surface area (Å²) < 4.78 is 24.8. The number of hydrogen-bond donors (Lipinski definition) is 1. The van der Waals surface area contributed by atoms with Gasteiger partial charge in [0.25, 0.3) is 0 Å². The number of halogens is 2.